The molecule has 0 saturated heterocycles. The Labute approximate surface area is 125 Å². The predicted molar refractivity (Wildman–Crippen MR) is 79.7 cm³/mol. The Morgan fingerprint density at radius 1 is 1.33 bits per heavy atom. The minimum absolute atomic E-state index is 0.144. The quantitative estimate of drug-likeness (QED) is 0.739. The summed E-state index contributed by atoms with van der Waals surface area (Å²) >= 11 is 3.26. The summed E-state index contributed by atoms with van der Waals surface area (Å²) in [6.07, 6.45) is 0. The maximum atomic E-state index is 13.9. The van der Waals surface area contributed by atoms with Gasteiger partial charge in [-0.25, -0.2) is 14.2 Å². The lowest BCUT2D eigenvalue weighted by molar-refractivity contribution is 0.630. The fourth-order valence-electron chi connectivity index (χ4n) is 2.14. The molecular weight excluding hydrogens is 343 g/mol. The first kappa shape index (κ1) is 13.7. The number of nitrogens with one attached hydrogen (secondary N) is 2. The van der Waals surface area contributed by atoms with Crippen LogP contribution >= 0.6 is 15.9 Å². The van der Waals surface area contributed by atoms with Crippen LogP contribution in [0.15, 0.2) is 32.3 Å². The Bertz CT molecular complexity index is 957. The SMILES string of the molecule is CCn1c(=O)[nH]c(=O)c2[nH]c(-c3cc(Br)ccc3F)nc21. The van der Waals surface area contributed by atoms with Crippen molar-refractivity contribution in [1.82, 2.24) is 19.5 Å². The fraction of sp³-hybridized carbons (Fsp3) is 0.154. The molecule has 0 fully saturated rings. The molecule has 8 heteroatoms. The van der Waals surface area contributed by atoms with Gasteiger partial charge in [0.25, 0.3) is 5.56 Å². The maximum absolute atomic E-state index is 13.9. The molecule has 2 aromatic heterocycles. The number of hydrogen-bond acceptors (Lipinski definition) is 3. The highest BCUT2D eigenvalue weighted by molar-refractivity contribution is 9.10. The van der Waals surface area contributed by atoms with E-state index >= 15 is 0 Å². The van der Waals surface area contributed by atoms with Crippen LogP contribution in [0.2, 0.25) is 0 Å². The number of aromatic amines is 2. The van der Waals surface area contributed by atoms with E-state index in [2.05, 4.69) is 30.9 Å². The molecule has 108 valence electrons. The summed E-state index contributed by atoms with van der Waals surface area (Å²) in [6, 6.07) is 4.41. The normalized spacial score (nSPS) is 11.2. The van der Waals surface area contributed by atoms with Crippen molar-refractivity contribution in [1.29, 1.82) is 0 Å². The lowest BCUT2D eigenvalue weighted by Gasteiger charge is -2.00. The molecule has 2 N–H and O–H groups in total. The van der Waals surface area contributed by atoms with Gasteiger partial charge in [0, 0.05) is 11.0 Å². The van der Waals surface area contributed by atoms with E-state index in [1.54, 1.807) is 19.1 Å². The van der Waals surface area contributed by atoms with Crippen molar-refractivity contribution >= 4 is 27.1 Å². The molecule has 21 heavy (non-hydrogen) atoms. The zero-order valence-corrected chi connectivity index (χ0v) is 12.5. The molecule has 0 aliphatic carbocycles. The first-order chi connectivity index (χ1) is 10.0. The molecule has 1 aromatic carbocycles. The topological polar surface area (TPSA) is 83.5 Å². The van der Waals surface area contributed by atoms with Gasteiger partial charge in [0.2, 0.25) is 0 Å². The van der Waals surface area contributed by atoms with Gasteiger partial charge in [-0.15, -0.1) is 0 Å². The summed E-state index contributed by atoms with van der Waals surface area (Å²) in [5.41, 5.74) is -0.543. The van der Waals surface area contributed by atoms with Crippen LogP contribution < -0.4 is 11.2 Å². The van der Waals surface area contributed by atoms with Gasteiger partial charge in [-0.05, 0) is 25.1 Å². The van der Waals surface area contributed by atoms with E-state index < -0.39 is 17.1 Å². The summed E-state index contributed by atoms with van der Waals surface area (Å²) in [6.45, 7) is 2.10. The van der Waals surface area contributed by atoms with Gasteiger partial charge < -0.3 is 4.98 Å². The zero-order chi connectivity index (χ0) is 15.1. The van der Waals surface area contributed by atoms with Crippen molar-refractivity contribution in [3.63, 3.8) is 0 Å². The standard InChI is InChI=1S/C13H10BrFN4O2/c1-2-19-11-9(12(20)18-13(19)21)16-10(17-11)7-5-6(14)3-4-8(7)15/h3-5H,2H2,1H3,(H,16,17)(H,18,20,21). The minimum Gasteiger partial charge on any atom is -0.332 e. The number of benzene rings is 1. The number of halogens is 2. The number of rotatable bonds is 2. The molecule has 6 nitrogen and oxygen atoms in total. The summed E-state index contributed by atoms with van der Waals surface area (Å²) < 4.78 is 15.9. The minimum atomic E-state index is -0.575. The molecule has 0 aliphatic rings. The zero-order valence-electron chi connectivity index (χ0n) is 10.9. The Morgan fingerprint density at radius 2 is 2.10 bits per heavy atom. The Hall–Kier alpha value is -2.22. The van der Waals surface area contributed by atoms with Crippen LogP contribution in [0.5, 0.6) is 0 Å². The molecule has 0 aliphatic heterocycles. The molecule has 0 atom stereocenters. The first-order valence-electron chi connectivity index (χ1n) is 6.19. The van der Waals surface area contributed by atoms with E-state index in [0.29, 0.717) is 11.0 Å². The number of H-pyrrole nitrogens is 2. The van der Waals surface area contributed by atoms with Crippen LogP contribution in [-0.2, 0) is 6.54 Å². The number of aromatic nitrogens is 4. The van der Waals surface area contributed by atoms with Crippen molar-refractivity contribution in [3.05, 3.63) is 49.3 Å². The molecule has 0 saturated carbocycles. The summed E-state index contributed by atoms with van der Waals surface area (Å²) in [7, 11) is 0. The molecule has 0 amide bonds. The molecule has 0 bridgehead atoms. The smallest absolute Gasteiger partial charge is 0.330 e. The Balaban J connectivity index is 2.36. The van der Waals surface area contributed by atoms with Crippen molar-refractivity contribution in [3.8, 4) is 11.4 Å². The van der Waals surface area contributed by atoms with Crippen molar-refractivity contribution < 1.29 is 4.39 Å². The molecule has 3 aromatic rings. The summed E-state index contributed by atoms with van der Waals surface area (Å²) in [4.78, 5) is 32.7. The highest BCUT2D eigenvalue weighted by atomic mass is 79.9. The maximum Gasteiger partial charge on any atom is 0.330 e. The lowest BCUT2D eigenvalue weighted by atomic mass is 10.2. The van der Waals surface area contributed by atoms with Gasteiger partial charge in [-0.2, -0.15) is 0 Å². The summed E-state index contributed by atoms with van der Waals surface area (Å²) in [5.74, 6) is -0.277. The highest BCUT2D eigenvalue weighted by Crippen LogP contribution is 2.25. The fourth-order valence-corrected chi connectivity index (χ4v) is 2.50. The van der Waals surface area contributed by atoms with Crippen LogP contribution in [0.4, 0.5) is 4.39 Å². The number of fused-ring (bicyclic) bond motifs is 1. The van der Waals surface area contributed by atoms with E-state index in [-0.39, 0.29) is 22.6 Å². The average Bonchev–Trinajstić information content (AvgIpc) is 2.87. The molecule has 0 unspecified atom stereocenters. The van der Waals surface area contributed by atoms with Crippen molar-refractivity contribution in [2.45, 2.75) is 13.5 Å². The largest absolute Gasteiger partial charge is 0.332 e. The lowest BCUT2D eigenvalue weighted by Crippen LogP contribution is -2.29. The number of hydrogen-bond donors (Lipinski definition) is 2. The highest BCUT2D eigenvalue weighted by Gasteiger charge is 2.15. The van der Waals surface area contributed by atoms with E-state index in [1.165, 1.54) is 10.6 Å². The Kier molecular flexibility index (Phi) is 3.25. The monoisotopic (exact) mass is 352 g/mol. The first-order valence-corrected chi connectivity index (χ1v) is 6.99. The van der Waals surface area contributed by atoms with Gasteiger partial charge in [0.15, 0.2) is 5.65 Å². The second-order valence-electron chi connectivity index (χ2n) is 4.41. The molecular formula is C13H10BrFN4O2. The van der Waals surface area contributed by atoms with Gasteiger partial charge in [-0.1, -0.05) is 15.9 Å². The number of imidazole rings is 1. The van der Waals surface area contributed by atoms with Crippen LogP contribution in [0.3, 0.4) is 0 Å². The van der Waals surface area contributed by atoms with Gasteiger partial charge >= 0.3 is 5.69 Å². The van der Waals surface area contributed by atoms with Crippen LogP contribution in [-0.4, -0.2) is 19.5 Å². The number of aryl methyl sites for hydroxylation is 1. The second-order valence-corrected chi connectivity index (χ2v) is 5.33. The number of nitrogens with zero attached hydrogens (tertiary/aromatic N) is 2. The van der Waals surface area contributed by atoms with E-state index in [1.807, 2.05) is 0 Å². The van der Waals surface area contributed by atoms with E-state index in [0.717, 1.165) is 0 Å². The third-order valence-corrected chi connectivity index (χ3v) is 3.63. The molecule has 0 radical (unpaired) electrons. The third-order valence-electron chi connectivity index (χ3n) is 3.13. The van der Waals surface area contributed by atoms with E-state index in [9.17, 15) is 14.0 Å². The Morgan fingerprint density at radius 3 is 2.81 bits per heavy atom. The van der Waals surface area contributed by atoms with Gasteiger partial charge in [-0.3, -0.25) is 14.3 Å². The van der Waals surface area contributed by atoms with Crippen LogP contribution in [0, 0.1) is 5.82 Å². The van der Waals surface area contributed by atoms with Gasteiger partial charge in [0.1, 0.15) is 17.2 Å². The molecule has 3 rings (SSSR count). The average molecular weight is 353 g/mol. The van der Waals surface area contributed by atoms with Crippen LogP contribution in [0.25, 0.3) is 22.6 Å². The second kappa shape index (κ2) is 4.96. The van der Waals surface area contributed by atoms with Crippen molar-refractivity contribution in [2.24, 2.45) is 0 Å². The van der Waals surface area contributed by atoms with Gasteiger partial charge in [0.05, 0.1) is 5.56 Å². The van der Waals surface area contributed by atoms with E-state index in [4.69, 9.17) is 0 Å². The molecule has 2 heterocycles. The van der Waals surface area contributed by atoms with Crippen LogP contribution in [0.1, 0.15) is 6.92 Å². The van der Waals surface area contributed by atoms with Crippen molar-refractivity contribution in [2.75, 3.05) is 0 Å². The third kappa shape index (κ3) is 2.21. The molecule has 0 spiro atoms. The predicted octanol–water partition coefficient (Wildman–Crippen LogP) is 2.00. The summed E-state index contributed by atoms with van der Waals surface area (Å²) in [5, 5.41) is 0.